The van der Waals surface area contributed by atoms with E-state index in [-0.39, 0.29) is 17.9 Å². The van der Waals surface area contributed by atoms with Crippen LogP contribution in [0.4, 0.5) is 0 Å². The molecule has 17 heavy (non-hydrogen) atoms. The molecule has 0 spiro atoms. The van der Waals surface area contributed by atoms with Crippen molar-refractivity contribution in [2.45, 2.75) is 58.4 Å². The summed E-state index contributed by atoms with van der Waals surface area (Å²) < 4.78 is 0. The van der Waals surface area contributed by atoms with Gasteiger partial charge in [-0.25, -0.2) is 0 Å². The number of hydrogen-bond donors (Lipinski definition) is 2. The van der Waals surface area contributed by atoms with Crippen molar-refractivity contribution < 1.29 is 4.79 Å². The third kappa shape index (κ3) is 4.90. The highest BCUT2D eigenvalue weighted by atomic mass is 16.2. The summed E-state index contributed by atoms with van der Waals surface area (Å²) >= 11 is 0. The molecule has 0 aliphatic heterocycles. The van der Waals surface area contributed by atoms with Gasteiger partial charge in [0.15, 0.2) is 0 Å². The molecule has 0 saturated carbocycles. The summed E-state index contributed by atoms with van der Waals surface area (Å²) in [4.78, 5) is 11.7. The zero-order valence-electron chi connectivity index (χ0n) is 11.2. The van der Waals surface area contributed by atoms with E-state index in [4.69, 9.17) is 5.73 Å². The van der Waals surface area contributed by atoms with Crippen molar-refractivity contribution >= 4 is 5.91 Å². The first-order chi connectivity index (χ1) is 8.15. The van der Waals surface area contributed by atoms with Crippen LogP contribution in [0.5, 0.6) is 0 Å². The van der Waals surface area contributed by atoms with E-state index < -0.39 is 0 Å². The number of nitrogens with two attached hydrogens (primary N) is 1. The molecule has 1 rings (SSSR count). The minimum atomic E-state index is -0.361. The van der Waals surface area contributed by atoms with Gasteiger partial charge in [-0.15, -0.1) is 0 Å². The quantitative estimate of drug-likeness (QED) is 0.698. The Kier molecular flexibility index (Phi) is 6.27. The Labute approximate surface area is 105 Å². The highest BCUT2D eigenvalue weighted by molar-refractivity contribution is 5.81. The third-order valence-electron chi connectivity index (χ3n) is 3.69. The summed E-state index contributed by atoms with van der Waals surface area (Å²) in [6, 6.07) is -0.361. The predicted octanol–water partition coefficient (Wildman–Crippen LogP) is 2.37. The molecule has 3 nitrogen and oxygen atoms in total. The Morgan fingerprint density at radius 2 is 2.29 bits per heavy atom. The fraction of sp³-hybridized carbons (Fsp3) is 0.786. The fourth-order valence-corrected chi connectivity index (χ4v) is 2.11. The largest absolute Gasteiger partial charge is 0.354 e. The van der Waals surface area contributed by atoms with Gasteiger partial charge in [0.25, 0.3) is 0 Å². The lowest BCUT2D eigenvalue weighted by Crippen LogP contribution is -2.44. The van der Waals surface area contributed by atoms with Crippen LogP contribution in [-0.4, -0.2) is 18.5 Å². The molecule has 3 N–H and O–H groups in total. The Bertz CT molecular complexity index is 273. The van der Waals surface area contributed by atoms with Crippen LogP contribution in [0.3, 0.4) is 0 Å². The van der Waals surface area contributed by atoms with Gasteiger partial charge in [-0.3, -0.25) is 4.79 Å². The van der Waals surface area contributed by atoms with E-state index in [1.54, 1.807) is 0 Å². The number of hydrogen-bond acceptors (Lipinski definition) is 2. The van der Waals surface area contributed by atoms with Crippen LogP contribution in [0.1, 0.15) is 52.4 Å². The van der Waals surface area contributed by atoms with E-state index in [9.17, 15) is 4.79 Å². The highest BCUT2D eigenvalue weighted by Gasteiger charge is 2.18. The van der Waals surface area contributed by atoms with Gasteiger partial charge in [-0.05, 0) is 38.0 Å². The van der Waals surface area contributed by atoms with Crippen molar-refractivity contribution in [1.29, 1.82) is 0 Å². The molecule has 0 heterocycles. The molecular weight excluding hydrogens is 212 g/mol. The number of nitrogens with one attached hydrogen (secondary N) is 1. The van der Waals surface area contributed by atoms with E-state index in [0.717, 1.165) is 19.4 Å². The average molecular weight is 238 g/mol. The van der Waals surface area contributed by atoms with Crippen LogP contribution < -0.4 is 11.1 Å². The first-order valence-corrected chi connectivity index (χ1v) is 6.86. The zero-order chi connectivity index (χ0) is 12.7. The Morgan fingerprint density at radius 1 is 1.53 bits per heavy atom. The van der Waals surface area contributed by atoms with Gasteiger partial charge < -0.3 is 11.1 Å². The second-order valence-electron chi connectivity index (χ2n) is 5.06. The molecule has 0 aromatic rings. The van der Waals surface area contributed by atoms with Crippen LogP contribution in [0.15, 0.2) is 11.6 Å². The maximum Gasteiger partial charge on any atom is 0.237 e. The first-order valence-electron chi connectivity index (χ1n) is 6.86. The van der Waals surface area contributed by atoms with Gasteiger partial charge in [0, 0.05) is 6.54 Å². The second-order valence-corrected chi connectivity index (χ2v) is 5.06. The molecule has 0 aromatic heterocycles. The molecule has 0 aromatic carbocycles. The van der Waals surface area contributed by atoms with Crippen molar-refractivity contribution in [3.63, 3.8) is 0 Å². The lowest BCUT2D eigenvalue weighted by atomic mass is 9.97. The maximum atomic E-state index is 11.7. The summed E-state index contributed by atoms with van der Waals surface area (Å²) in [5.74, 6) is 0.250. The standard InChI is InChI=1S/C14H26N2O/c1-3-11(2)13(15)14(17)16-10-9-12-7-5-4-6-8-12/h7,11,13H,3-6,8-10,15H2,1-2H3,(H,16,17)/t11?,13-/m0/s1. The van der Waals surface area contributed by atoms with Gasteiger partial charge in [0.1, 0.15) is 0 Å². The van der Waals surface area contributed by atoms with Crippen LogP contribution in [-0.2, 0) is 4.79 Å². The third-order valence-corrected chi connectivity index (χ3v) is 3.69. The first kappa shape index (κ1) is 14.2. The zero-order valence-corrected chi connectivity index (χ0v) is 11.2. The molecule has 2 atom stereocenters. The van der Waals surface area contributed by atoms with Gasteiger partial charge in [0.05, 0.1) is 6.04 Å². The lowest BCUT2D eigenvalue weighted by Gasteiger charge is -2.18. The number of amides is 1. The van der Waals surface area contributed by atoms with E-state index in [0.29, 0.717) is 0 Å². The minimum absolute atomic E-state index is 0.00393. The summed E-state index contributed by atoms with van der Waals surface area (Å²) in [5, 5.41) is 2.94. The van der Waals surface area contributed by atoms with Crippen molar-refractivity contribution in [3.8, 4) is 0 Å². The van der Waals surface area contributed by atoms with Crippen LogP contribution >= 0.6 is 0 Å². The van der Waals surface area contributed by atoms with Crippen molar-refractivity contribution in [2.24, 2.45) is 11.7 Å². The molecule has 98 valence electrons. The van der Waals surface area contributed by atoms with E-state index in [1.807, 2.05) is 6.92 Å². The Balaban J connectivity index is 2.21. The Morgan fingerprint density at radius 3 is 2.88 bits per heavy atom. The van der Waals surface area contributed by atoms with Gasteiger partial charge in [-0.1, -0.05) is 31.9 Å². The van der Waals surface area contributed by atoms with E-state index >= 15 is 0 Å². The molecule has 3 heteroatoms. The lowest BCUT2D eigenvalue weighted by molar-refractivity contribution is -0.123. The number of carbonyl (C=O) groups excluding carboxylic acids is 1. The fourth-order valence-electron chi connectivity index (χ4n) is 2.11. The molecule has 1 amide bonds. The topological polar surface area (TPSA) is 55.1 Å². The van der Waals surface area contributed by atoms with Gasteiger partial charge >= 0.3 is 0 Å². The summed E-state index contributed by atoms with van der Waals surface area (Å²) in [6.07, 6.45) is 9.27. The molecule has 0 fully saturated rings. The van der Waals surface area contributed by atoms with E-state index in [2.05, 4.69) is 18.3 Å². The summed E-state index contributed by atoms with van der Waals surface area (Å²) in [6.45, 7) is 4.81. The van der Waals surface area contributed by atoms with Crippen LogP contribution in [0, 0.1) is 5.92 Å². The number of rotatable bonds is 6. The molecule has 1 unspecified atom stereocenters. The summed E-state index contributed by atoms with van der Waals surface area (Å²) in [5.41, 5.74) is 7.36. The monoisotopic (exact) mass is 238 g/mol. The SMILES string of the molecule is CCC(C)[C@H](N)C(=O)NCCC1=CCCCC1. The van der Waals surface area contributed by atoms with Crippen molar-refractivity contribution in [2.75, 3.05) is 6.54 Å². The van der Waals surface area contributed by atoms with Gasteiger partial charge in [0.2, 0.25) is 5.91 Å². The van der Waals surface area contributed by atoms with Crippen LogP contribution in [0.25, 0.3) is 0 Å². The molecule has 1 aliphatic rings. The molecular formula is C14H26N2O. The minimum Gasteiger partial charge on any atom is -0.354 e. The van der Waals surface area contributed by atoms with Crippen molar-refractivity contribution in [3.05, 3.63) is 11.6 Å². The Hall–Kier alpha value is -0.830. The summed E-state index contributed by atoms with van der Waals surface area (Å²) in [7, 11) is 0. The second kappa shape index (κ2) is 7.49. The maximum absolute atomic E-state index is 11.7. The van der Waals surface area contributed by atoms with Crippen molar-refractivity contribution in [1.82, 2.24) is 5.32 Å². The van der Waals surface area contributed by atoms with Gasteiger partial charge in [-0.2, -0.15) is 0 Å². The molecule has 1 aliphatic carbocycles. The number of allylic oxidation sites excluding steroid dienone is 1. The molecule has 0 bridgehead atoms. The normalized spacial score (nSPS) is 19.4. The average Bonchev–Trinajstić information content (AvgIpc) is 2.38. The predicted molar refractivity (Wildman–Crippen MR) is 71.6 cm³/mol. The smallest absolute Gasteiger partial charge is 0.237 e. The molecule has 0 radical (unpaired) electrons. The highest BCUT2D eigenvalue weighted by Crippen LogP contribution is 2.19. The number of carbonyl (C=O) groups is 1. The molecule has 0 saturated heterocycles. The van der Waals surface area contributed by atoms with E-state index in [1.165, 1.54) is 31.3 Å². The van der Waals surface area contributed by atoms with Crippen LogP contribution in [0.2, 0.25) is 0 Å².